The van der Waals surface area contributed by atoms with Gasteiger partial charge in [-0.25, -0.2) is 21.6 Å². The molecule has 2 aromatic carbocycles. The zero-order chi connectivity index (χ0) is 28.1. The first-order valence-electron chi connectivity index (χ1n) is 12.5. The number of amides is 2. The molecule has 2 unspecified atom stereocenters. The average Bonchev–Trinajstić information content (AvgIpc) is 3.45. The number of benzene rings is 2. The third kappa shape index (κ3) is 5.15. The SMILES string of the molecule is O=C(Nc1cc(F)c(F)c(F)c1)c1ccc(Cl)c(S(=O)(=O)C2CC3CC(C2)C3(O)CNC(=O)[C@H]2CCCO2)c1. The Morgan fingerprint density at radius 1 is 1.08 bits per heavy atom. The lowest BCUT2D eigenvalue weighted by Gasteiger charge is -2.58. The third-order valence-electron chi connectivity index (χ3n) is 8.03. The van der Waals surface area contributed by atoms with Crippen molar-refractivity contribution in [2.24, 2.45) is 11.8 Å². The van der Waals surface area contributed by atoms with E-state index in [2.05, 4.69) is 10.6 Å². The van der Waals surface area contributed by atoms with Gasteiger partial charge in [-0.1, -0.05) is 11.6 Å². The van der Waals surface area contributed by atoms with Crippen LogP contribution in [-0.4, -0.2) is 55.4 Å². The Morgan fingerprint density at radius 2 is 1.74 bits per heavy atom. The molecule has 3 aliphatic carbocycles. The Bertz CT molecular complexity index is 1400. The molecule has 3 atom stereocenters. The summed E-state index contributed by atoms with van der Waals surface area (Å²) < 4.78 is 72.7. The molecule has 2 amide bonds. The summed E-state index contributed by atoms with van der Waals surface area (Å²) in [6, 6.07) is 4.76. The molecule has 0 radical (unpaired) electrons. The normalized spacial score (nSPS) is 28.0. The summed E-state index contributed by atoms with van der Waals surface area (Å²) in [4.78, 5) is 24.7. The Balaban J connectivity index is 1.28. The molecule has 2 bridgehead atoms. The summed E-state index contributed by atoms with van der Waals surface area (Å²) in [7, 11) is -4.04. The number of fused-ring (bicyclic) bond motifs is 2. The van der Waals surface area contributed by atoms with Crippen LogP contribution in [0.1, 0.15) is 42.5 Å². The second-order valence-electron chi connectivity index (χ2n) is 10.3. The zero-order valence-electron chi connectivity index (χ0n) is 20.6. The number of nitrogens with one attached hydrogen (secondary N) is 2. The summed E-state index contributed by atoms with van der Waals surface area (Å²) >= 11 is 6.21. The number of hydrogen-bond acceptors (Lipinski definition) is 6. The minimum absolute atomic E-state index is 0.00871. The van der Waals surface area contributed by atoms with E-state index in [1.807, 2.05) is 0 Å². The van der Waals surface area contributed by atoms with E-state index in [9.17, 15) is 36.3 Å². The molecule has 210 valence electrons. The van der Waals surface area contributed by atoms with Crippen LogP contribution in [0, 0.1) is 29.3 Å². The van der Waals surface area contributed by atoms with Crippen molar-refractivity contribution >= 4 is 38.9 Å². The Hall–Kier alpha value is -2.67. The second-order valence-corrected chi connectivity index (χ2v) is 12.9. The largest absolute Gasteiger partial charge is 0.387 e. The van der Waals surface area contributed by atoms with Crippen molar-refractivity contribution in [3.63, 3.8) is 0 Å². The number of anilines is 1. The number of carbonyl (C=O) groups excluding carboxylic acids is 2. The number of ether oxygens (including phenoxy) is 1. The molecule has 3 saturated carbocycles. The third-order valence-corrected chi connectivity index (χ3v) is 10.7. The standard InChI is InChI=1S/C26H26ClF3N2O6S/c27-18-4-3-13(24(33)32-16-10-19(28)23(30)20(29)11-16)6-22(18)39(36,37)17-8-14-7-15(9-17)26(14,35)12-31-25(34)21-2-1-5-38-21/h3-4,6,10-11,14-15,17,21,35H,1-2,5,7-9,12H2,(H,31,34)(H,32,33)/t14?,15?,17?,21-,26?/m1/s1. The van der Waals surface area contributed by atoms with E-state index in [0.29, 0.717) is 31.6 Å². The highest BCUT2D eigenvalue weighted by Gasteiger charge is 2.60. The first-order valence-corrected chi connectivity index (χ1v) is 14.4. The van der Waals surface area contributed by atoms with E-state index >= 15 is 0 Å². The van der Waals surface area contributed by atoms with Gasteiger partial charge in [-0.3, -0.25) is 9.59 Å². The van der Waals surface area contributed by atoms with E-state index in [4.69, 9.17) is 16.3 Å². The van der Waals surface area contributed by atoms with Gasteiger partial charge in [-0.15, -0.1) is 0 Å². The van der Waals surface area contributed by atoms with Gasteiger partial charge in [0.1, 0.15) is 6.10 Å². The first kappa shape index (κ1) is 27.9. The maximum absolute atomic E-state index is 13.6. The fraction of sp³-hybridized carbons (Fsp3) is 0.462. The highest BCUT2D eigenvalue weighted by atomic mass is 35.5. The molecule has 8 nitrogen and oxygen atoms in total. The molecule has 4 fully saturated rings. The fourth-order valence-corrected chi connectivity index (χ4v) is 8.20. The predicted molar refractivity (Wildman–Crippen MR) is 134 cm³/mol. The lowest BCUT2D eigenvalue weighted by molar-refractivity contribution is -0.175. The van der Waals surface area contributed by atoms with Crippen LogP contribution in [0.25, 0.3) is 0 Å². The summed E-state index contributed by atoms with van der Waals surface area (Å²) in [5, 5.41) is 15.2. The van der Waals surface area contributed by atoms with Gasteiger partial charge in [-0.2, -0.15) is 0 Å². The van der Waals surface area contributed by atoms with Gasteiger partial charge in [0.2, 0.25) is 5.91 Å². The Labute approximate surface area is 227 Å². The molecular weight excluding hydrogens is 561 g/mol. The van der Waals surface area contributed by atoms with Crippen molar-refractivity contribution in [1.29, 1.82) is 0 Å². The number of sulfone groups is 1. The molecule has 2 aromatic rings. The molecule has 0 spiro atoms. The molecule has 1 aliphatic heterocycles. The van der Waals surface area contributed by atoms with E-state index < -0.39 is 50.2 Å². The highest BCUT2D eigenvalue weighted by molar-refractivity contribution is 7.92. The van der Waals surface area contributed by atoms with Crippen molar-refractivity contribution < 1.29 is 41.0 Å². The van der Waals surface area contributed by atoms with E-state index in [0.717, 1.165) is 12.5 Å². The van der Waals surface area contributed by atoms with Gasteiger partial charge in [-0.05, 0) is 62.1 Å². The molecule has 39 heavy (non-hydrogen) atoms. The predicted octanol–water partition coefficient (Wildman–Crippen LogP) is 3.61. The Morgan fingerprint density at radius 3 is 2.36 bits per heavy atom. The van der Waals surface area contributed by atoms with Crippen molar-refractivity contribution in [3.8, 4) is 0 Å². The maximum Gasteiger partial charge on any atom is 0.255 e. The number of rotatable bonds is 7. The molecule has 1 saturated heterocycles. The molecule has 0 aromatic heterocycles. The highest BCUT2D eigenvalue weighted by Crippen LogP contribution is 2.55. The van der Waals surface area contributed by atoms with Crippen LogP contribution in [-0.2, 0) is 19.4 Å². The molecule has 6 rings (SSSR count). The quantitative estimate of drug-likeness (QED) is 0.426. The molecule has 1 heterocycles. The summed E-state index contributed by atoms with van der Waals surface area (Å²) in [6.07, 6.45) is 1.79. The lowest BCUT2D eigenvalue weighted by Crippen LogP contribution is -2.66. The van der Waals surface area contributed by atoms with Crippen LogP contribution in [0.3, 0.4) is 0 Å². The van der Waals surface area contributed by atoms with Crippen molar-refractivity contribution in [1.82, 2.24) is 5.32 Å². The van der Waals surface area contributed by atoms with Gasteiger partial charge >= 0.3 is 0 Å². The van der Waals surface area contributed by atoms with Crippen molar-refractivity contribution in [3.05, 3.63) is 58.4 Å². The van der Waals surface area contributed by atoms with E-state index in [1.165, 1.54) is 12.1 Å². The van der Waals surface area contributed by atoms with E-state index in [1.54, 1.807) is 0 Å². The Kier molecular flexibility index (Phi) is 7.42. The van der Waals surface area contributed by atoms with Crippen LogP contribution >= 0.6 is 11.6 Å². The molecule has 4 aliphatic rings. The van der Waals surface area contributed by atoms with Crippen LogP contribution in [0.4, 0.5) is 18.9 Å². The van der Waals surface area contributed by atoms with Gasteiger partial charge in [0.25, 0.3) is 5.91 Å². The van der Waals surface area contributed by atoms with Crippen LogP contribution in [0.2, 0.25) is 5.02 Å². The van der Waals surface area contributed by atoms with Gasteiger partial charge in [0.05, 0.1) is 20.8 Å². The van der Waals surface area contributed by atoms with Crippen LogP contribution < -0.4 is 10.6 Å². The number of hydrogen-bond donors (Lipinski definition) is 3. The summed E-state index contributed by atoms with van der Waals surface area (Å²) in [5.74, 6) is -6.54. The zero-order valence-corrected chi connectivity index (χ0v) is 22.1. The lowest BCUT2D eigenvalue weighted by atomic mass is 9.53. The number of carbonyl (C=O) groups is 2. The monoisotopic (exact) mass is 586 g/mol. The number of halogens is 4. The van der Waals surface area contributed by atoms with Crippen LogP contribution in [0.15, 0.2) is 35.2 Å². The van der Waals surface area contributed by atoms with Gasteiger partial charge < -0.3 is 20.5 Å². The smallest absolute Gasteiger partial charge is 0.255 e. The minimum Gasteiger partial charge on any atom is -0.387 e. The van der Waals surface area contributed by atoms with Crippen molar-refractivity contribution in [2.75, 3.05) is 18.5 Å². The summed E-state index contributed by atoms with van der Waals surface area (Å²) in [6.45, 7) is 0.524. The van der Waals surface area contributed by atoms with Crippen LogP contribution in [0.5, 0.6) is 0 Å². The second kappa shape index (κ2) is 10.4. The molecule has 13 heteroatoms. The fourth-order valence-electron chi connectivity index (χ4n) is 5.80. The van der Waals surface area contributed by atoms with Gasteiger partial charge in [0, 0.05) is 36.5 Å². The number of aliphatic hydroxyl groups is 1. The molecule has 3 N–H and O–H groups in total. The first-order chi connectivity index (χ1) is 18.4. The topological polar surface area (TPSA) is 122 Å². The van der Waals surface area contributed by atoms with Gasteiger partial charge in [0.15, 0.2) is 27.3 Å². The average molecular weight is 587 g/mol. The molecular formula is C26H26ClF3N2O6S. The van der Waals surface area contributed by atoms with Crippen molar-refractivity contribution in [2.45, 2.75) is 54.0 Å². The summed E-state index contributed by atoms with van der Waals surface area (Å²) in [5.41, 5.74) is -1.71. The minimum atomic E-state index is -4.04. The maximum atomic E-state index is 13.6. The van der Waals surface area contributed by atoms with E-state index in [-0.39, 0.29) is 58.3 Å².